The van der Waals surface area contributed by atoms with Crippen molar-refractivity contribution < 1.29 is 9.53 Å². The first-order valence-electron chi connectivity index (χ1n) is 9.14. The number of H-pyrrole nitrogens is 1. The molecule has 1 aliphatic heterocycles. The highest BCUT2D eigenvalue weighted by molar-refractivity contribution is 6.12. The van der Waals surface area contributed by atoms with Crippen LogP contribution in [0.2, 0.25) is 0 Å². The summed E-state index contributed by atoms with van der Waals surface area (Å²) in [6.07, 6.45) is 6.99. The molecule has 0 bridgehead atoms. The third kappa shape index (κ3) is 2.41. The Kier molecular flexibility index (Phi) is 3.56. The summed E-state index contributed by atoms with van der Waals surface area (Å²) in [4.78, 5) is 16.5. The number of aromatic nitrogens is 1. The lowest BCUT2D eigenvalue weighted by atomic mass is 9.90. The Morgan fingerprint density at radius 3 is 2.73 bits per heavy atom. The topological polar surface area (TPSA) is 54.1 Å². The van der Waals surface area contributed by atoms with Gasteiger partial charge in [0, 0.05) is 34.9 Å². The number of carbonyl (C=O) groups is 1. The molecular weight excluding hydrogens is 324 g/mol. The highest BCUT2D eigenvalue weighted by atomic mass is 16.5. The summed E-state index contributed by atoms with van der Waals surface area (Å²) in [7, 11) is 0. The summed E-state index contributed by atoms with van der Waals surface area (Å²) in [6.45, 7) is 0. The molecule has 130 valence electrons. The monoisotopic (exact) mass is 344 g/mol. The molecule has 0 spiro atoms. The Morgan fingerprint density at radius 2 is 1.88 bits per heavy atom. The standard InChI is InChI=1S/C22H20N2O2/c25-21-16-9-2-4-11-20(16)26-22(18(21)13-23-14-6-5-7-14)17-12-24-19-10-3-1-8-15(17)19/h1-4,8-14,22-24H,5-7H2/b18-13+. The summed E-state index contributed by atoms with van der Waals surface area (Å²) >= 11 is 0. The molecule has 1 saturated carbocycles. The first kappa shape index (κ1) is 15.3. The van der Waals surface area contributed by atoms with Gasteiger partial charge in [-0.05, 0) is 37.5 Å². The SMILES string of the molecule is O=C1/C(=C\NC2CCC2)C(c2c[nH]c3ccccc23)Oc2ccccc21. The van der Waals surface area contributed by atoms with Crippen molar-refractivity contribution in [1.82, 2.24) is 10.3 Å². The molecule has 1 aromatic heterocycles. The van der Waals surface area contributed by atoms with Gasteiger partial charge in [0.05, 0.1) is 11.1 Å². The van der Waals surface area contributed by atoms with Gasteiger partial charge in [-0.3, -0.25) is 4.79 Å². The van der Waals surface area contributed by atoms with Crippen molar-refractivity contribution in [1.29, 1.82) is 0 Å². The second-order valence-corrected chi connectivity index (χ2v) is 7.01. The first-order chi connectivity index (χ1) is 12.8. The van der Waals surface area contributed by atoms with Crippen molar-refractivity contribution in [2.75, 3.05) is 0 Å². The molecule has 2 heterocycles. The zero-order chi connectivity index (χ0) is 17.5. The van der Waals surface area contributed by atoms with Crippen LogP contribution in [-0.2, 0) is 0 Å². The number of carbonyl (C=O) groups excluding carboxylic acids is 1. The molecule has 4 heteroatoms. The number of ether oxygens (including phenoxy) is 1. The van der Waals surface area contributed by atoms with E-state index in [1.54, 1.807) is 0 Å². The molecule has 1 aliphatic carbocycles. The van der Waals surface area contributed by atoms with E-state index in [2.05, 4.69) is 16.4 Å². The predicted octanol–water partition coefficient (Wildman–Crippen LogP) is 4.51. The van der Waals surface area contributed by atoms with E-state index in [0.29, 0.717) is 22.9 Å². The summed E-state index contributed by atoms with van der Waals surface area (Å²) in [5.41, 5.74) is 3.33. The molecule has 5 rings (SSSR count). The predicted molar refractivity (Wildman–Crippen MR) is 101 cm³/mol. The Bertz CT molecular complexity index is 1010. The normalized spacial score (nSPS) is 21.3. The maximum absolute atomic E-state index is 13.2. The second kappa shape index (κ2) is 6.06. The van der Waals surface area contributed by atoms with Crippen LogP contribution in [0.5, 0.6) is 5.75 Å². The molecule has 2 aromatic carbocycles. The zero-order valence-electron chi connectivity index (χ0n) is 14.4. The minimum Gasteiger partial charge on any atom is -0.480 e. The van der Waals surface area contributed by atoms with E-state index >= 15 is 0 Å². The number of hydrogen-bond donors (Lipinski definition) is 2. The summed E-state index contributed by atoms with van der Waals surface area (Å²) < 4.78 is 6.30. The number of hydrogen-bond acceptors (Lipinski definition) is 3. The molecule has 0 saturated heterocycles. The fourth-order valence-corrected chi connectivity index (χ4v) is 3.69. The summed E-state index contributed by atoms with van der Waals surface area (Å²) in [5.74, 6) is 0.683. The number of ketones is 1. The van der Waals surface area contributed by atoms with E-state index in [9.17, 15) is 4.79 Å². The van der Waals surface area contributed by atoms with Crippen LogP contribution in [0.15, 0.2) is 66.5 Å². The zero-order valence-corrected chi connectivity index (χ0v) is 14.4. The Labute approximate surface area is 151 Å². The minimum absolute atomic E-state index is 0.0361. The van der Waals surface area contributed by atoms with Crippen molar-refractivity contribution in [3.63, 3.8) is 0 Å². The number of para-hydroxylation sites is 2. The molecule has 1 atom stereocenters. The lowest BCUT2D eigenvalue weighted by molar-refractivity contribution is 0.0960. The van der Waals surface area contributed by atoms with E-state index < -0.39 is 6.10 Å². The molecule has 2 N–H and O–H groups in total. The number of fused-ring (bicyclic) bond motifs is 2. The average molecular weight is 344 g/mol. The summed E-state index contributed by atoms with van der Waals surface area (Å²) in [5, 5.41) is 4.50. The van der Waals surface area contributed by atoms with Gasteiger partial charge in [-0.15, -0.1) is 0 Å². The second-order valence-electron chi connectivity index (χ2n) is 7.01. The van der Waals surface area contributed by atoms with Gasteiger partial charge in [0.1, 0.15) is 5.75 Å². The smallest absolute Gasteiger partial charge is 0.198 e. The van der Waals surface area contributed by atoms with Crippen molar-refractivity contribution in [3.05, 3.63) is 77.6 Å². The molecule has 3 aromatic rings. The van der Waals surface area contributed by atoms with E-state index in [1.165, 1.54) is 6.42 Å². The van der Waals surface area contributed by atoms with E-state index in [1.807, 2.05) is 54.9 Å². The van der Waals surface area contributed by atoms with Gasteiger partial charge < -0.3 is 15.0 Å². The first-order valence-corrected chi connectivity index (χ1v) is 9.14. The number of nitrogens with one attached hydrogen (secondary N) is 2. The maximum Gasteiger partial charge on any atom is 0.198 e. The van der Waals surface area contributed by atoms with Gasteiger partial charge in [-0.25, -0.2) is 0 Å². The lowest BCUT2D eigenvalue weighted by Crippen LogP contribution is -2.33. The van der Waals surface area contributed by atoms with E-state index in [0.717, 1.165) is 29.3 Å². The molecule has 4 nitrogen and oxygen atoms in total. The van der Waals surface area contributed by atoms with Crippen molar-refractivity contribution in [2.24, 2.45) is 0 Å². The maximum atomic E-state index is 13.2. The third-order valence-corrected chi connectivity index (χ3v) is 5.40. The van der Waals surface area contributed by atoms with Crippen LogP contribution in [0.3, 0.4) is 0 Å². The molecule has 2 aliphatic rings. The number of Topliss-reactive ketones (excluding diaryl/α,β-unsaturated/α-hetero) is 1. The number of rotatable bonds is 3. The van der Waals surface area contributed by atoms with Gasteiger partial charge in [-0.2, -0.15) is 0 Å². The average Bonchev–Trinajstić information content (AvgIpc) is 3.06. The van der Waals surface area contributed by atoms with Crippen LogP contribution in [0.4, 0.5) is 0 Å². The third-order valence-electron chi connectivity index (χ3n) is 5.40. The largest absolute Gasteiger partial charge is 0.480 e. The molecule has 0 amide bonds. The van der Waals surface area contributed by atoms with Crippen molar-refractivity contribution >= 4 is 16.7 Å². The molecule has 26 heavy (non-hydrogen) atoms. The van der Waals surface area contributed by atoms with Crippen LogP contribution >= 0.6 is 0 Å². The molecule has 1 fully saturated rings. The Hall–Kier alpha value is -3.01. The van der Waals surface area contributed by atoms with Crippen LogP contribution in [0.25, 0.3) is 10.9 Å². The fraction of sp³-hybridized carbons (Fsp3) is 0.227. The lowest BCUT2D eigenvalue weighted by Gasteiger charge is -2.30. The van der Waals surface area contributed by atoms with Crippen LogP contribution in [0, 0.1) is 0 Å². The van der Waals surface area contributed by atoms with Crippen molar-refractivity contribution in [3.8, 4) is 5.75 Å². The van der Waals surface area contributed by atoms with E-state index in [-0.39, 0.29) is 5.78 Å². The highest BCUT2D eigenvalue weighted by Gasteiger charge is 2.34. The Balaban J connectivity index is 1.61. The minimum atomic E-state index is -0.416. The number of benzene rings is 2. The van der Waals surface area contributed by atoms with E-state index in [4.69, 9.17) is 4.74 Å². The van der Waals surface area contributed by atoms with Crippen molar-refractivity contribution in [2.45, 2.75) is 31.4 Å². The van der Waals surface area contributed by atoms with Gasteiger partial charge in [-0.1, -0.05) is 30.3 Å². The van der Waals surface area contributed by atoms with Gasteiger partial charge in [0.15, 0.2) is 11.9 Å². The number of aromatic amines is 1. The Morgan fingerprint density at radius 1 is 1.08 bits per heavy atom. The van der Waals surface area contributed by atoms with Crippen LogP contribution in [-0.4, -0.2) is 16.8 Å². The quantitative estimate of drug-likeness (QED) is 0.687. The van der Waals surface area contributed by atoms with Crippen LogP contribution < -0.4 is 10.1 Å². The molecule has 1 unspecified atom stereocenters. The van der Waals surface area contributed by atoms with Gasteiger partial charge in [0.2, 0.25) is 0 Å². The molecular formula is C22H20N2O2. The summed E-state index contributed by atoms with van der Waals surface area (Å²) in [6, 6.07) is 16.1. The highest BCUT2D eigenvalue weighted by Crippen LogP contribution is 2.40. The molecule has 0 radical (unpaired) electrons. The van der Waals surface area contributed by atoms with Gasteiger partial charge >= 0.3 is 0 Å². The van der Waals surface area contributed by atoms with Crippen LogP contribution in [0.1, 0.15) is 41.3 Å². The fourth-order valence-electron chi connectivity index (χ4n) is 3.69. The van der Waals surface area contributed by atoms with Gasteiger partial charge in [0.25, 0.3) is 0 Å².